The number of aryl methyl sites for hydroxylation is 1. The first kappa shape index (κ1) is 27.2. The van der Waals surface area contributed by atoms with Crippen LogP contribution < -0.4 is 10.9 Å². The Hall–Kier alpha value is -4.39. The summed E-state index contributed by atoms with van der Waals surface area (Å²) in [4.78, 5) is 29.9. The molecular formula is C33H34FN3O3. The normalized spacial score (nSPS) is 12.6. The van der Waals surface area contributed by atoms with Gasteiger partial charge >= 0.3 is 0 Å². The van der Waals surface area contributed by atoms with Crippen molar-refractivity contribution in [2.45, 2.75) is 39.5 Å². The lowest BCUT2D eigenvalue weighted by molar-refractivity contribution is -0.122. The van der Waals surface area contributed by atoms with Crippen LogP contribution in [0.1, 0.15) is 55.5 Å². The molecule has 40 heavy (non-hydrogen) atoms. The van der Waals surface area contributed by atoms with E-state index >= 15 is 0 Å². The van der Waals surface area contributed by atoms with Gasteiger partial charge in [0.1, 0.15) is 11.6 Å². The zero-order valence-electron chi connectivity index (χ0n) is 23.2. The second-order valence-corrected chi connectivity index (χ2v) is 11.5. The number of carbonyl (C=O) groups is 1. The molecule has 0 bridgehead atoms. The molecule has 0 saturated carbocycles. The van der Waals surface area contributed by atoms with E-state index in [0.717, 1.165) is 16.5 Å². The second-order valence-electron chi connectivity index (χ2n) is 11.5. The van der Waals surface area contributed by atoms with Crippen LogP contribution in [-0.2, 0) is 18.3 Å². The molecule has 0 aliphatic rings. The molecule has 2 heterocycles. The second kappa shape index (κ2) is 10.6. The number of hydrogen-bond donors (Lipinski definition) is 3. The van der Waals surface area contributed by atoms with E-state index in [1.807, 2.05) is 57.2 Å². The van der Waals surface area contributed by atoms with Gasteiger partial charge in [-0.05, 0) is 53.3 Å². The first-order valence-electron chi connectivity index (χ1n) is 13.5. The summed E-state index contributed by atoms with van der Waals surface area (Å²) in [6, 6.07) is 21.1. The first-order chi connectivity index (χ1) is 19.0. The molecule has 7 heteroatoms. The minimum atomic E-state index is -0.785. The summed E-state index contributed by atoms with van der Waals surface area (Å²) < 4.78 is 16.1. The Bertz CT molecular complexity index is 1780. The molecule has 0 radical (unpaired) electrons. The molecule has 5 aromatic rings. The summed E-state index contributed by atoms with van der Waals surface area (Å²) in [5.41, 5.74) is 3.23. The van der Waals surface area contributed by atoms with E-state index in [-0.39, 0.29) is 28.2 Å². The molecule has 2 aromatic heterocycles. The summed E-state index contributed by atoms with van der Waals surface area (Å²) in [6.07, 6.45) is 0.885. The van der Waals surface area contributed by atoms with Crippen molar-refractivity contribution in [1.82, 2.24) is 14.9 Å². The van der Waals surface area contributed by atoms with Crippen LogP contribution in [0, 0.1) is 11.2 Å². The number of rotatable bonds is 7. The zero-order chi connectivity index (χ0) is 28.6. The molecule has 3 aromatic carbocycles. The van der Waals surface area contributed by atoms with Crippen LogP contribution in [0.4, 0.5) is 4.39 Å². The van der Waals surface area contributed by atoms with Crippen LogP contribution in [0.2, 0.25) is 0 Å². The van der Waals surface area contributed by atoms with Gasteiger partial charge in [-0.2, -0.15) is 0 Å². The molecule has 1 unspecified atom stereocenters. The number of hydrogen-bond acceptors (Lipinski definition) is 3. The summed E-state index contributed by atoms with van der Waals surface area (Å²) in [5, 5.41) is 16.1. The number of aromatic hydroxyl groups is 1. The smallest absolute Gasteiger partial charge is 0.258 e. The number of fused-ring (bicyclic) bond motifs is 2. The molecular weight excluding hydrogens is 505 g/mol. The highest BCUT2D eigenvalue weighted by atomic mass is 19.1. The van der Waals surface area contributed by atoms with Crippen LogP contribution in [0.5, 0.6) is 5.75 Å². The fourth-order valence-electron chi connectivity index (χ4n) is 5.53. The minimum Gasteiger partial charge on any atom is -0.507 e. The number of nitrogens with zero attached hydrogens (tertiary/aromatic N) is 1. The number of benzene rings is 3. The van der Waals surface area contributed by atoms with Gasteiger partial charge in [0.15, 0.2) is 0 Å². The number of aromatic nitrogens is 2. The Labute approximate surface area is 232 Å². The van der Waals surface area contributed by atoms with E-state index in [4.69, 9.17) is 0 Å². The van der Waals surface area contributed by atoms with Gasteiger partial charge in [0.2, 0.25) is 5.91 Å². The summed E-state index contributed by atoms with van der Waals surface area (Å²) in [6.45, 7) is 6.45. The van der Waals surface area contributed by atoms with Gasteiger partial charge in [-0.1, -0.05) is 63.2 Å². The Kier molecular flexibility index (Phi) is 7.23. The lowest BCUT2D eigenvalue weighted by Crippen LogP contribution is -2.29. The van der Waals surface area contributed by atoms with Gasteiger partial charge < -0.3 is 20.0 Å². The standard InChI is InChI=1S/C33H34FN3O3/c1-33(2,3)19-27(38)35-17-16-23-22-12-5-7-14-25(22)36-30(23)28(20-10-9-11-21(34)18-20)29-31(39)24-13-6-8-15-26(24)37(4)32(29)40/h5-15,18,28,36,39H,16-17,19H2,1-4H3,(H,35,38). The highest BCUT2D eigenvalue weighted by Gasteiger charge is 2.30. The SMILES string of the molecule is Cn1c(=O)c(C(c2cccc(F)c2)c2[nH]c3ccccc3c2CCNC(=O)CC(C)(C)C)c(O)c2ccccc21. The van der Waals surface area contributed by atoms with Crippen LogP contribution >= 0.6 is 0 Å². The van der Waals surface area contributed by atoms with Crippen molar-refractivity contribution in [2.24, 2.45) is 12.5 Å². The molecule has 0 saturated heterocycles. The van der Waals surface area contributed by atoms with E-state index in [0.29, 0.717) is 41.5 Å². The minimum absolute atomic E-state index is 0.0309. The maximum absolute atomic E-state index is 14.6. The Balaban J connectivity index is 1.70. The number of para-hydroxylation sites is 2. The lowest BCUT2D eigenvalue weighted by atomic mass is 9.85. The molecule has 0 fully saturated rings. The average molecular weight is 540 g/mol. The van der Waals surface area contributed by atoms with Crippen LogP contribution in [0.3, 0.4) is 0 Å². The lowest BCUT2D eigenvalue weighted by Gasteiger charge is -2.22. The summed E-state index contributed by atoms with van der Waals surface area (Å²) in [5.74, 6) is -1.38. The zero-order valence-corrected chi connectivity index (χ0v) is 23.2. The number of carbonyl (C=O) groups excluding carboxylic acids is 1. The van der Waals surface area contributed by atoms with Gasteiger partial charge in [0, 0.05) is 42.0 Å². The number of amides is 1. The number of pyridine rings is 1. The van der Waals surface area contributed by atoms with E-state index < -0.39 is 11.7 Å². The van der Waals surface area contributed by atoms with Crippen LogP contribution in [0.15, 0.2) is 77.6 Å². The summed E-state index contributed by atoms with van der Waals surface area (Å²) in [7, 11) is 1.67. The van der Waals surface area contributed by atoms with Crippen LogP contribution in [-0.4, -0.2) is 27.1 Å². The van der Waals surface area contributed by atoms with Crippen molar-refractivity contribution in [3.63, 3.8) is 0 Å². The van der Waals surface area contributed by atoms with Crippen LogP contribution in [0.25, 0.3) is 21.8 Å². The van der Waals surface area contributed by atoms with Gasteiger partial charge in [0.05, 0.1) is 17.0 Å². The number of H-pyrrole nitrogens is 1. The molecule has 206 valence electrons. The quantitative estimate of drug-likeness (QED) is 0.232. The molecule has 1 amide bonds. The fraction of sp³-hybridized carbons (Fsp3) is 0.273. The van der Waals surface area contributed by atoms with Crippen molar-refractivity contribution in [3.05, 3.63) is 111 Å². The van der Waals surface area contributed by atoms with Gasteiger partial charge in [0.25, 0.3) is 5.56 Å². The molecule has 0 aliphatic carbocycles. The predicted molar refractivity (Wildman–Crippen MR) is 157 cm³/mol. The van der Waals surface area contributed by atoms with Crippen molar-refractivity contribution in [3.8, 4) is 5.75 Å². The predicted octanol–water partition coefficient (Wildman–Crippen LogP) is 6.14. The third-order valence-electron chi connectivity index (χ3n) is 7.30. The number of aromatic amines is 1. The molecule has 0 spiro atoms. The Morgan fingerprint density at radius 3 is 2.45 bits per heavy atom. The highest BCUT2D eigenvalue weighted by molar-refractivity contribution is 5.88. The largest absolute Gasteiger partial charge is 0.507 e. The molecule has 0 aliphatic heterocycles. The maximum atomic E-state index is 14.6. The molecule has 5 rings (SSSR count). The number of halogens is 1. The van der Waals surface area contributed by atoms with E-state index in [1.165, 1.54) is 16.7 Å². The highest BCUT2D eigenvalue weighted by Crippen LogP contribution is 2.41. The monoisotopic (exact) mass is 539 g/mol. The first-order valence-corrected chi connectivity index (χ1v) is 13.5. The summed E-state index contributed by atoms with van der Waals surface area (Å²) >= 11 is 0. The maximum Gasteiger partial charge on any atom is 0.258 e. The molecule has 6 nitrogen and oxygen atoms in total. The Morgan fingerprint density at radius 1 is 1.02 bits per heavy atom. The Morgan fingerprint density at radius 2 is 1.73 bits per heavy atom. The third-order valence-corrected chi connectivity index (χ3v) is 7.30. The van der Waals surface area contributed by atoms with Gasteiger partial charge in [-0.3, -0.25) is 9.59 Å². The topological polar surface area (TPSA) is 87.1 Å². The number of nitrogens with one attached hydrogen (secondary N) is 2. The molecule has 1 atom stereocenters. The molecule has 3 N–H and O–H groups in total. The van der Waals surface area contributed by atoms with Gasteiger partial charge in [-0.25, -0.2) is 4.39 Å². The van der Waals surface area contributed by atoms with E-state index in [1.54, 1.807) is 31.3 Å². The van der Waals surface area contributed by atoms with Crippen molar-refractivity contribution in [1.29, 1.82) is 0 Å². The third kappa shape index (κ3) is 5.24. The van der Waals surface area contributed by atoms with Crippen molar-refractivity contribution < 1.29 is 14.3 Å². The van der Waals surface area contributed by atoms with E-state index in [9.17, 15) is 19.1 Å². The van der Waals surface area contributed by atoms with Gasteiger partial charge in [-0.15, -0.1) is 0 Å². The average Bonchev–Trinajstić information content (AvgIpc) is 3.26. The van der Waals surface area contributed by atoms with Crippen molar-refractivity contribution in [2.75, 3.05) is 6.54 Å². The van der Waals surface area contributed by atoms with Crippen molar-refractivity contribution >= 4 is 27.7 Å². The fourth-order valence-corrected chi connectivity index (χ4v) is 5.53. The van der Waals surface area contributed by atoms with E-state index in [2.05, 4.69) is 10.3 Å².